The first kappa shape index (κ1) is 14.2. The van der Waals surface area contributed by atoms with Gasteiger partial charge < -0.3 is 11.1 Å². The standard InChI is InChI=1S/C16H19N3OS/c17-13-3-1-2-12(10-13)15(20)19-14-6-4-11(5-7-14)16-18-8-9-21-16/h4-9,12-13H,1-3,10,17H2,(H,19,20). The zero-order valence-electron chi connectivity index (χ0n) is 11.8. The van der Waals surface area contributed by atoms with Crippen LogP contribution >= 0.6 is 11.3 Å². The number of nitrogens with two attached hydrogens (primary N) is 1. The van der Waals surface area contributed by atoms with E-state index in [0.29, 0.717) is 0 Å². The summed E-state index contributed by atoms with van der Waals surface area (Å²) in [6, 6.07) is 8.00. The average molecular weight is 301 g/mol. The summed E-state index contributed by atoms with van der Waals surface area (Å²) in [6.07, 6.45) is 5.61. The van der Waals surface area contributed by atoms with Crippen LogP contribution in [-0.4, -0.2) is 16.9 Å². The molecule has 0 saturated heterocycles. The van der Waals surface area contributed by atoms with Crippen molar-refractivity contribution in [2.75, 3.05) is 5.32 Å². The van der Waals surface area contributed by atoms with Gasteiger partial charge >= 0.3 is 0 Å². The average Bonchev–Trinajstić information content (AvgIpc) is 3.02. The number of amides is 1. The highest BCUT2D eigenvalue weighted by Crippen LogP contribution is 2.26. The molecule has 1 aliphatic rings. The van der Waals surface area contributed by atoms with Gasteiger partial charge in [-0.3, -0.25) is 4.79 Å². The van der Waals surface area contributed by atoms with Gasteiger partial charge in [0.15, 0.2) is 0 Å². The third kappa shape index (κ3) is 3.49. The number of hydrogen-bond acceptors (Lipinski definition) is 4. The van der Waals surface area contributed by atoms with Crippen molar-refractivity contribution in [3.8, 4) is 10.6 Å². The molecule has 1 aliphatic carbocycles. The van der Waals surface area contributed by atoms with Crippen LogP contribution in [0.5, 0.6) is 0 Å². The van der Waals surface area contributed by atoms with Crippen LogP contribution in [0.15, 0.2) is 35.8 Å². The summed E-state index contributed by atoms with van der Waals surface area (Å²) < 4.78 is 0. The van der Waals surface area contributed by atoms with E-state index in [-0.39, 0.29) is 17.9 Å². The van der Waals surface area contributed by atoms with Gasteiger partial charge in [-0.15, -0.1) is 11.3 Å². The summed E-state index contributed by atoms with van der Waals surface area (Å²) in [5.74, 6) is 0.138. The van der Waals surface area contributed by atoms with Gasteiger partial charge in [-0.25, -0.2) is 4.98 Å². The minimum atomic E-state index is 0.0485. The van der Waals surface area contributed by atoms with Crippen molar-refractivity contribution in [2.24, 2.45) is 11.7 Å². The molecular formula is C16H19N3OS. The predicted octanol–water partition coefficient (Wildman–Crippen LogP) is 3.27. The Kier molecular flexibility index (Phi) is 4.31. The second-order valence-corrected chi connectivity index (χ2v) is 6.42. The van der Waals surface area contributed by atoms with Gasteiger partial charge in [-0.1, -0.05) is 6.42 Å². The summed E-state index contributed by atoms with van der Waals surface area (Å²) in [7, 11) is 0. The Morgan fingerprint density at radius 3 is 2.76 bits per heavy atom. The number of nitrogens with one attached hydrogen (secondary N) is 1. The second-order valence-electron chi connectivity index (χ2n) is 5.53. The van der Waals surface area contributed by atoms with E-state index in [9.17, 15) is 4.79 Å². The van der Waals surface area contributed by atoms with E-state index < -0.39 is 0 Å². The Bertz CT molecular complexity index is 594. The molecule has 1 saturated carbocycles. The number of thiazole rings is 1. The topological polar surface area (TPSA) is 68.0 Å². The molecule has 0 radical (unpaired) electrons. The van der Waals surface area contributed by atoms with Crippen molar-refractivity contribution in [2.45, 2.75) is 31.7 Å². The van der Waals surface area contributed by atoms with Crippen molar-refractivity contribution in [3.63, 3.8) is 0 Å². The Morgan fingerprint density at radius 2 is 2.10 bits per heavy atom. The molecule has 1 fully saturated rings. The van der Waals surface area contributed by atoms with E-state index in [1.165, 1.54) is 0 Å². The monoisotopic (exact) mass is 301 g/mol. The zero-order chi connectivity index (χ0) is 14.7. The minimum absolute atomic E-state index is 0.0485. The lowest BCUT2D eigenvalue weighted by atomic mass is 9.85. The van der Waals surface area contributed by atoms with Crippen molar-refractivity contribution < 1.29 is 4.79 Å². The normalized spacial score (nSPS) is 22.0. The maximum absolute atomic E-state index is 12.2. The van der Waals surface area contributed by atoms with Crippen molar-refractivity contribution in [3.05, 3.63) is 35.8 Å². The fourth-order valence-electron chi connectivity index (χ4n) is 2.77. The molecule has 1 heterocycles. The molecular weight excluding hydrogens is 282 g/mol. The lowest BCUT2D eigenvalue weighted by Gasteiger charge is -2.25. The third-order valence-corrected chi connectivity index (χ3v) is 4.74. The van der Waals surface area contributed by atoms with E-state index in [1.807, 2.05) is 29.6 Å². The Balaban J connectivity index is 1.63. The van der Waals surface area contributed by atoms with Gasteiger partial charge in [0, 0.05) is 34.8 Å². The number of rotatable bonds is 3. The Hall–Kier alpha value is -1.72. The molecule has 110 valence electrons. The summed E-state index contributed by atoms with van der Waals surface area (Å²) in [4.78, 5) is 16.5. The molecule has 1 amide bonds. The maximum Gasteiger partial charge on any atom is 0.227 e. The summed E-state index contributed by atoms with van der Waals surface area (Å²) >= 11 is 1.61. The molecule has 3 N–H and O–H groups in total. The van der Waals surface area contributed by atoms with Gasteiger partial charge in [0.25, 0.3) is 0 Å². The molecule has 21 heavy (non-hydrogen) atoms. The van der Waals surface area contributed by atoms with E-state index in [2.05, 4.69) is 10.3 Å². The van der Waals surface area contributed by atoms with Crippen LogP contribution in [0.4, 0.5) is 5.69 Å². The van der Waals surface area contributed by atoms with Gasteiger partial charge in [-0.2, -0.15) is 0 Å². The van der Waals surface area contributed by atoms with E-state index >= 15 is 0 Å². The Labute approximate surface area is 128 Å². The molecule has 2 aromatic rings. The van der Waals surface area contributed by atoms with Crippen LogP contribution < -0.4 is 11.1 Å². The highest BCUT2D eigenvalue weighted by atomic mass is 32.1. The number of benzene rings is 1. The highest BCUT2D eigenvalue weighted by Gasteiger charge is 2.25. The summed E-state index contributed by atoms with van der Waals surface area (Å²) in [6.45, 7) is 0. The molecule has 0 aliphatic heterocycles. The van der Waals surface area contributed by atoms with Gasteiger partial charge in [0.1, 0.15) is 5.01 Å². The lowest BCUT2D eigenvalue weighted by molar-refractivity contribution is -0.120. The maximum atomic E-state index is 12.2. The minimum Gasteiger partial charge on any atom is -0.328 e. The number of carbonyl (C=O) groups is 1. The highest BCUT2D eigenvalue weighted by molar-refractivity contribution is 7.13. The first-order valence-corrected chi connectivity index (χ1v) is 8.17. The van der Waals surface area contributed by atoms with Crippen molar-refractivity contribution in [1.29, 1.82) is 0 Å². The van der Waals surface area contributed by atoms with Crippen LogP contribution in [0.2, 0.25) is 0 Å². The molecule has 0 spiro atoms. The van der Waals surface area contributed by atoms with Crippen LogP contribution in [0.1, 0.15) is 25.7 Å². The fraction of sp³-hybridized carbons (Fsp3) is 0.375. The Morgan fingerprint density at radius 1 is 1.29 bits per heavy atom. The van der Waals surface area contributed by atoms with Gasteiger partial charge in [-0.05, 0) is 43.5 Å². The molecule has 1 aromatic heterocycles. The first-order chi connectivity index (χ1) is 10.2. The molecule has 3 rings (SSSR count). The SMILES string of the molecule is NC1CCCC(C(=O)Nc2ccc(-c3nccs3)cc2)C1. The molecule has 4 nitrogen and oxygen atoms in total. The van der Waals surface area contributed by atoms with E-state index in [4.69, 9.17) is 5.73 Å². The van der Waals surface area contributed by atoms with Crippen molar-refractivity contribution >= 4 is 22.9 Å². The van der Waals surface area contributed by atoms with Crippen LogP contribution in [0.25, 0.3) is 10.6 Å². The molecule has 1 aromatic carbocycles. The van der Waals surface area contributed by atoms with E-state index in [0.717, 1.165) is 41.9 Å². The van der Waals surface area contributed by atoms with Crippen molar-refractivity contribution in [1.82, 2.24) is 4.98 Å². The van der Waals surface area contributed by atoms with Gasteiger partial charge in [0.05, 0.1) is 0 Å². The third-order valence-electron chi connectivity index (χ3n) is 3.92. The van der Waals surface area contributed by atoms with Crippen LogP contribution in [0, 0.1) is 5.92 Å². The summed E-state index contributed by atoms with van der Waals surface area (Å²) in [5.41, 5.74) is 7.85. The van der Waals surface area contributed by atoms with Crippen LogP contribution in [-0.2, 0) is 4.79 Å². The van der Waals surface area contributed by atoms with E-state index in [1.54, 1.807) is 17.5 Å². The smallest absolute Gasteiger partial charge is 0.227 e. The first-order valence-electron chi connectivity index (χ1n) is 7.29. The largest absolute Gasteiger partial charge is 0.328 e. The van der Waals surface area contributed by atoms with Crippen LogP contribution in [0.3, 0.4) is 0 Å². The number of aromatic nitrogens is 1. The van der Waals surface area contributed by atoms with Gasteiger partial charge in [0.2, 0.25) is 5.91 Å². The molecule has 0 bridgehead atoms. The molecule has 5 heteroatoms. The zero-order valence-corrected chi connectivity index (χ0v) is 12.6. The second kappa shape index (κ2) is 6.37. The number of nitrogens with zero attached hydrogens (tertiary/aromatic N) is 1. The number of carbonyl (C=O) groups excluding carboxylic acids is 1. The summed E-state index contributed by atoms with van der Waals surface area (Å²) in [5, 5.41) is 5.94. The predicted molar refractivity (Wildman–Crippen MR) is 86.1 cm³/mol. The number of anilines is 1. The fourth-order valence-corrected chi connectivity index (χ4v) is 3.42. The number of hydrogen-bond donors (Lipinski definition) is 2. The quantitative estimate of drug-likeness (QED) is 0.914. The molecule has 2 atom stereocenters. The molecule has 2 unspecified atom stereocenters. The lowest BCUT2D eigenvalue weighted by Crippen LogP contribution is -2.34.